The third-order valence-electron chi connectivity index (χ3n) is 3.11. The van der Waals surface area contributed by atoms with Gasteiger partial charge in [-0.05, 0) is 60.7 Å². The van der Waals surface area contributed by atoms with Crippen LogP contribution in [0.15, 0.2) is 29.2 Å². The zero-order valence-corrected chi connectivity index (χ0v) is 14.4. The molecular weight excluding hydrogens is 393 g/mol. The van der Waals surface area contributed by atoms with Crippen LogP contribution in [0.25, 0.3) is 0 Å². The van der Waals surface area contributed by atoms with Gasteiger partial charge in [0.25, 0.3) is 0 Å². The number of ether oxygens (including phenoxy) is 1. The maximum absolute atomic E-state index is 12.6. The summed E-state index contributed by atoms with van der Waals surface area (Å²) in [5, 5.41) is 9.27. The van der Waals surface area contributed by atoms with E-state index in [1.165, 1.54) is 4.31 Å². The summed E-state index contributed by atoms with van der Waals surface area (Å²) in [6.45, 7) is 3.91. The van der Waals surface area contributed by atoms with E-state index in [0.717, 1.165) is 3.57 Å². The fraction of sp³-hybridized carbons (Fsp3) is 0.538. The normalized spacial score (nSPS) is 23.7. The Kier molecular flexibility index (Phi) is 4.75. The van der Waals surface area contributed by atoms with Crippen LogP contribution in [0.2, 0.25) is 0 Å². The molecule has 1 aromatic rings. The van der Waals surface area contributed by atoms with Crippen molar-refractivity contribution >= 4 is 32.6 Å². The number of nitrogens with zero attached hydrogens (tertiary/aromatic N) is 1. The molecule has 1 aliphatic heterocycles. The molecule has 1 unspecified atom stereocenters. The molecule has 0 spiro atoms. The lowest BCUT2D eigenvalue weighted by molar-refractivity contribution is -0.131. The van der Waals surface area contributed by atoms with E-state index < -0.39 is 21.7 Å². The monoisotopic (exact) mass is 411 g/mol. The number of benzene rings is 1. The molecule has 1 atom stereocenters. The van der Waals surface area contributed by atoms with Gasteiger partial charge in [0.15, 0.2) is 0 Å². The Morgan fingerprint density at radius 1 is 1.40 bits per heavy atom. The number of aliphatic hydroxyl groups excluding tert-OH is 1. The van der Waals surface area contributed by atoms with Crippen molar-refractivity contribution in [3.05, 3.63) is 27.8 Å². The van der Waals surface area contributed by atoms with E-state index in [-0.39, 0.29) is 24.6 Å². The molecule has 1 aliphatic rings. The number of halogens is 1. The van der Waals surface area contributed by atoms with E-state index in [2.05, 4.69) is 22.6 Å². The van der Waals surface area contributed by atoms with Crippen LogP contribution in [-0.2, 0) is 14.8 Å². The molecule has 20 heavy (non-hydrogen) atoms. The molecule has 1 N–H and O–H groups in total. The summed E-state index contributed by atoms with van der Waals surface area (Å²) in [5.41, 5.74) is -0.609. The molecule has 1 aromatic carbocycles. The molecule has 0 amide bonds. The fourth-order valence-electron chi connectivity index (χ4n) is 2.28. The van der Waals surface area contributed by atoms with Gasteiger partial charge in [-0.1, -0.05) is 0 Å². The Labute approximate surface area is 133 Å². The number of aliphatic hydroxyl groups is 1. The molecular formula is C13H18INO4S. The number of sulfonamides is 1. The highest BCUT2D eigenvalue weighted by Crippen LogP contribution is 2.26. The molecule has 112 valence electrons. The molecule has 0 saturated carbocycles. The minimum Gasteiger partial charge on any atom is -0.394 e. The van der Waals surface area contributed by atoms with Crippen LogP contribution in [0.1, 0.15) is 13.8 Å². The van der Waals surface area contributed by atoms with E-state index in [1.54, 1.807) is 24.3 Å². The molecule has 0 bridgehead atoms. The first-order chi connectivity index (χ1) is 9.24. The van der Waals surface area contributed by atoms with E-state index in [1.807, 2.05) is 13.8 Å². The van der Waals surface area contributed by atoms with E-state index >= 15 is 0 Å². The first-order valence-electron chi connectivity index (χ1n) is 6.29. The highest BCUT2D eigenvalue weighted by molar-refractivity contribution is 14.1. The minimum atomic E-state index is -3.55. The van der Waals surface area contributed by atoms with Gasteiger partial charge in [-0.25, -0.2) is 8.42 Å². The predicted octanol–water partition coefficient (Wildman–Crippen LogP) is 1.45. The fourth-order valence-corrected chi connectivity index (χ4v) is 4.26. The van der Waals surface area contributed by atoms with Crippen LogP contribution in [0.5, 0.6) is 0 Å². The van der Waals surface area contributed by atoms with Crippen molar-refractivity contribution in [2.24, 2.45) is 0 Å². The van der Waals surface area contributed by atoms with Gasteiger partial charge in [0.1, 0.15) is 0 Å². The summed E-state index contributed by atoms with van der Waals surface area (Å²) in [7, 11) is -3.55. The van der Waals surface area contributed by atoms with Crippen molar-refractivity contribution < 1.29 is 18.3 Å². The lowest BCUT2D eigenvalue weighted by atomic mass is 10.1. The van der Waals surface area contributed by atoms with Crippen LogP contribution in [-0.4, -0.2) is 49.2 Å². The van der Waals surface area contributed by atoms with Gasteiger partial charge in [0.2, 0.25) is 10.0 Å². The Hall–Kier alpha value is -0.220. The minimum absolute atomic E-state index is 0.175. The number of hydrogen-bond donors (Lipinski definition) is 1. The average Bonchev–Trinajstić information content (AvgIpc) is 2.37. The van der Waals surface area contributed by atoms with Crippen molar-refractivity contribution in [1.29, 1.82) is 0 Å². The van der Waals surface area contributed by atoms with Crippen molar-refractivity contribution in [3.8, 4) is 0 Å². The Balaban J connectivity index is 2.31. The summed E-state index contributed by atoms with van der Waals surface area (Å²) < 4.78 is 33.3. The van der Waals surface area contributed by atoms with Crippen LogP contribution < -0.4 is 0 Å². The molecule has 5 nitrogen and oxygen atoms in total. The highest BCUT2D eigenvalue weighted by Gasteiger charge is 2.39. The van der Waals surface area contributed by atoms with Crippen molar-refractivity contribution in [2.45, 2.75) is 30.4 Å². The van der Waals surface area contributed by atoms with Crippen molar-refractivity contribution in [2.75, 3.05) is 19.7 Å². The SMILES string of the molecule is CC1(C)CN(S(=O)(=O)c2ccc(I)cc2)CC(CO)O1. The number of morpholine rings is 1. The Morgan fingerprint density at radius 3 is 2.55 bits per heavy atom. The van der Waals surface area contributed by atoms with Crippen LogP contribution in [0.4, 0.5) is 0 Å². The number of hydrogen-bond acceptors (Lipinski definition) is 4. The van der Waals surface area contributed by atoms with Crippen molar-refractivity contribution in [1.82, 2.24) is 4.31 Å². The second-order valence-electron chi connectivity index (χ2n) is 5.43. The third kappa shape index (κ3) is 3.51. The Bertz CT molecular complexity index is 571. The standard InChI is InChI=1S/C13H18INO4S/c1-13(2)9-15(7-11(8-16)19-13)20(17,18)12-5-3-10(14)4-6-12/h3-6,11,16H,7-9H2,1-2H3. The van der Waals surface area contributed by atoms with Gasteiger partial charge in [-0.15, -0.1) is 0 Å². The largest absolute Gasteiger partial charge is 0.394 e. The average molecular weight is 411 g/mol. The molecule has 1 heterocycles. The van der Waals surface area contributed by atoms with E-state index in [4.69, 9.17) is 4.74 Å². The molecule has 7 heteroatoms. The topological polar surface area (TPSA) is 66.8 Å². The summed E-state index contributed by atoms with van der Waals surface area (Å²) in [4.78, 5) is 0.271. The lowest BCUT2D eigenvalue weighted by Gasteiger charge is -2.41. The molecule has 0 aliphatic carbocycles. The molecule has 1 fully saturated rings. The molecule has 0 aromatic heterocycles. The predicted molar refractivity (Wildman–Crippen MR) is 84.0 cm³/mol. The van der Waals surface area contributed by atoms with Crippen LogP contribution in [0, 0.1) is 3.57 Å². The smallest absolute Gasteiger partial charge is 0.243 e. The number of rotatable bonds is 3. The van der Waals surface area contributed by atoms with Gasteiger partial charge in [-0.2, -0.15) is 4.31 Å². The second kappa shape index (κ2) is 5.88. The van der Waals surface area contributed by atoms with Crippen molar-refractivity contribution in [3.63, 3.8) is 0 Å². The van der Waals surface area contributed by atoms with Gasteiger partial charge in [0.05, 0.1) is 23.2 Å². The van der Waals surface area contributed by atoms with Gasteiger partial charge >= 0.3 is 0 Å². The van der Waals surface area contributed by atoms with E-state index in [0.29, 0.717) is 0 Å². The van der Waals surface area contributed by atoms with Gasteiger partial charge in [0, 0.05) is 16.7 Å². The molecule has 1 saturated heterocycles. The lowest BCUT2D eigenvalue weighted by Crippen LogP contribution is -2.55. The van der Waals surface area contributed by atoms with Crippen LogP contribution >= 0.6 is 22.6 Å². The summed E-state index contributed by atoms with van der Waals surface area (Å²) in [6.07, 6.45) is -0.489. The summed E-state index contributed by atoms with van der Waals surface area (Å²) >= 11 is 2.13. The zero-order valence-electron chi connectivity index (χ0n) is 11.4. The third-order valence-corrected chi connectivity index (χ3v) is 5.65. The van der Waals surface area contributed by atoms with Gasteiger partial charge < -0.3 is 9.84 Å². The zero-order chi connectivity index (χ0) is 15.0. The summed E-state index contributed by atoms with van der Waals surface area (Å²) in [6, 6.07) is 6.74. The van der Waals surface area contributed by atoms with Crippen LogP contribution in [0.3, 0.4) is 0 Å². The summed E-state index contributed by atoms with van der Waals surface area (Å²) in [5.74, 6) is 0. The first kappa shape index (κ1) is 16.2. The second-order valence-corrected chi connectivity index (χ2v) is 8.62. The quantitative estimate of drug-likeness (QED) is 0.765. The Morgan fingerprint density at radius 2 is 2.00 bits per heavy atom. The van der Waals surface area contributed by atoms with Gasteiger partial charge in [-0.3, -0.25) is 0 Å². The molecule has 2 rings (SSSR count). The maximum Gasteiger partial charge on any atom is 0.243 e. The molecule has 0 radical (unpaired) electrons. The first-order valence-corrected chi connectivity index (χ1v) is 8.81. The highest BCUT2D eigenvalue weighted by atomic mass is 127. The van der Waals surface area contributed by atoms with E-state index in [9.17, 15) is 13.5 Å². The maximum atomic E-state index is 12.6.